The van der Waals surface area contributed by atoms with Crippen LogP contribution in [-0.2, 0) is 0 Å². The summed E-state index contributed by atoms with van der Waals surface area (Å²) in [6, 6.07) is 8.01. The fourth-order valence-electron chi connectivity index (χ4n) is 0.883. The Morgan fingerprint density at radius 1 is 1.07 bits per heavy atom. The van der Waals surface area contributed by atoms with Crippen LogP contribution >= 0.6 is 0 Å². The molecule has 1 aromatic heterocycles. The zero-order chi connectivity index (χ0) is 10.6. The van der Waals surface area contributed by atoms with E-state index in [4.69, 9.17) is 0 Å². The molecular formula is C12H18N2. The lowest BCUT2D eigenvalue weighted by molar-refractivity contribution is 0.469. The van der Waals surface area contributed by atoms with Crippen LogP contribution in [0.2, 0.25) is 0 Å². The number of nitrogens with one attached hydrogen (secondary N) is 1. The molecule has 0 atom stereocenters. The first-order valence-electron chi connectivity index (χ1n) is 4.85. The molecule has 0 saturated carbocycles. The van der Waals surface area contributed by atoms with Gasteiger partial charge in [0.05, 0.1) is 11.7 Å². The van der Waals surface area contributed by atoms with Gasteiger partial charge in [0.2, 0.25) is 0 Å². The summed E-state index contributed by atoms with van der Waals surface area (Å²) in [6.07, 6.45) is 1.81. The molecule has 2 nitrogen and oxygen atoms in total. The van der Waals surface area contributed by atoms with Crippen molar-refractivity contribution in [3.63, 3.8) is 0 Å². The first-order chi connectivity index (χ1) is 6.47. The minimum absolute atomic E-state index is 0.500. The molecule has 1 heterocycles. The van der Waals surface area contributed by atoms with Crippen LogP contribution in [0.15, 0.2) is 30.5 Å². The molecule has 2 aromatic rings. The number of benzene rings is 1. The molecule has 2 rings (SSSR count). The summed E-state index contributed by atoms with van der Waals surface area (Å²) in [4.78, 5) is 0. The third-order valence-electron chi connectivity index (χ3n) is 1.35. The summed E-state index contributed by atoms with van der Waals surface area (Å²) >= 11 is 0. The van der Waals surface area contributed by atoms with Crippen molar-refractivity contribution in [3.8, 4) is 0 Å². The normalized spacial score (nSPS) is 10.9. The standard InChI is InChI=1S/C7H6N2.C5H12/c1-2-4-7-6(3-1)5-8-9-7;1-5(2,3)4/h1-5H,(H,8,9);1-4H3. The number of nitrogens with zero attached hydrogens (tertiary/aromatic N) is 1. The summed E-state index contributed by atoms with van der Waals surface area (Å²) in [6.45, 7) is 8.75. The number of aromatic amines is 1. The van der Waals surface area contributed by atoms with Gasteiger partial charge >= 0.3 is 0 Å². The van der Waals surface area contributed by atoms with E-state index in [1.165, 1.54) is 0 Å². The van der Waals surface area contributed by atoms with E-state index in [1.54, 1.807) is 0 Å². The van der Waals surface area contributed by atoms with Crippen LogP contribution in [0.25, 0.3) is 10.9 Å². The van der Waals surface area contributed by atoms with Crippen LogP contribution in [0.5, 0.6) is 0 Å². The Morgan fingerprint density at radius 3 is 2.21 bits per heavy atom. The summed E-state index contributed by atoms with van der Waals surface area (Å²) in [5.41, 5.74) is 1.59. The number of rotatable bonds is 0. The summed E-state index contributed by atoms with van der Waals surface area (Å²) in [5.74, 6) is 0. The van der Waals surface area contributed by atoms with E-state index in [0.717, 1.165) is 10.9 Å². The molecule has 0 aliphatic rings. The van der Waals surface area contributed by atoms with Crippen molar-refractivity contribution in [2.75, 3.05) is 0 Å². The second-order valence-corrected chi connectivity index (χ2v) is 4.96. The van der Waals surface area contributed by atoms with Crippen molar-refractivity contribution < 1.29 is 0 Å². The predicted molar refractivity (Wildman–Crippen MR) is 61.2 cm³/mol. The molecule has 1 aromatic carbocycles. The lowest BCUT2D eigenvalue weighted by Crippen LogP contribution is -1.93. The van der Waals surface area contributed by atoms with Crippen molar-refractivity contribution >= 4 is 10.9 Å². The topological polar surface area (TPSA) is 28.7 Å². The van der Waals surface area contributed by atoms with Crippen molar-refractivity contribution in [3.05, 3.63) is 30.5 Å². The van der Waals surface area contributed by atoms with Crippen LogP contribution in [0.4, 0.5) is 0 Å². The van der Waals surface area contributed by atoms with Crippen molar-refractivity contribution in [2.45, 2.75) is 27.7 Å². The van der Waals surface area contributed by atoms with Crippen LogP contribution < -0.4 is 0 Å². The average molecular weight is 190 g/mol. The van der Waals surface area contributed by atoms with Gasteiger partial charge in [-0.3, -0.25) is 5.10 Å². The van der Waals surface area contributed by atoms with E-state index in [2.05, 4.69) is 37.9 Å². The third-order valence-corrected chi connectivity index (χ3v) is 1.35. The van der Waals surface area contributed by atoms with Gasteiger partial charge < -0.3 is 0 Å². The van der Waals surface area contributed by atoms with Crippen molar-refractivity contribution in [2.24, 2.45) is 5.41 Å². The molecule has 0 amide bonds. The molecule has 76 valence electrons. The van der Waals surface area contributed by atoms with Crippen LogP contribution in [0, 0.1) is 5.41 Å². The fraction of sp³-hybridized carbons (Fsp3) is 0.417. The lowest BCUT2D eigenvalue weighted by atomic mass is 10.0. The average Bonchev–Trinajstić information content (AvgIpc) is 2.47. The SMILES string of the molecule is CC(C)(C)C.c1ccc2[nH]ncc2c1. The zero-order valence-electron chi connectivity index (χ0n) is 9.33. The highest BCUT2D eigenvalue weighted by Crippen LogP contribution is 2.08. The second kappa shape index (κ2) is 4.27. The second-order valence-electron chi connectivity index (χ2n) is 4.96. The Kier molecular flexibility index (Phi) is 3.28. The van der Waals surface area contributed by atoms with Crippen molar-refractivity contribution in [1.29, 1.82) is 0 Å². The molecule has 0 aliphatic carbocycles. The van der Waals surface area contributed by atoms with Gasteiger partial charge in [0.25, 0.3) is 0 Å². The van der Waals surface area contributed by atoms with E-state index < -0.39 is 0 Å². The lowest BCUT2D eigenvalue weighted by Gasteiger charge is -2.05. The number of para-hydroxylation sites is 1. The molecule has 0 fully saturated rings. The van der Waals surface area contributed by atoms with Gasteiger partial charge in [-0.2, -0.15) is 5.10 Å². The Bertz CT molecular complexity index is 346. The fourth-order valence-corrected chi connectivity index (χ4v) is 0.883. The van der Waals surface area contributed by atoms with Gasteiger partial charge in [-0.1, -0.05) is 45.9 Å². The maximum Gasteiger partial charge on any atom is 0.0650 e. The Hall–Kier alpha value is -1.31. The van der Waals surface area contributed by atoms with Gasteiger partial charge in [0.15, 0.2) is 0 Å². The largest absolute Gasteiger partial charge is 0.278 e. The Labute approximate surface area is 85.3 Å². The first-order valence-corrected chi connectivity index (χ1v) is 4.85. The Balaban J connectivity index is 0.000000171. The maximum atomic E-state index is 3.88. The third kappa shape index (κ3) is 4.08. The highest BCUT2D eigenvalue weighted by molar-refractivity contribution is 5.77. The van der Waals surface area contributed by atoms with E-state index in [9.17, 15) is 0 Å². The van der Waals surface area contributed by atoms with Gasteiger partial charge in [0.1, 0.15) is 0 Å². The molecule has 0 saturated heterocycles. The first kappa shape index (κ1) is 10.8. The molecule has 2 heteroatoms. The summed E-state index contributed by atoms with van der Waals surface area (Å²) in [5, 5.41) is 7.91. The van der Waals surface area contributed by atoms with Gasteiger partial charge in [0, 0.05) is 5.39 Å². The highest BCUT2D eigenvalue weighted by atomic mass is 15.1. The quantitative estimate of drug-likeness (QED) is 0.675. The predicted octanol–water partition coefficient (Wildman–Crippen LogP) is 3.62. The molecule has 1 N–H and O–H groups in total. The van der Waals surface area contributed by atoms with E-state index in [0.29, 0.717) is 5.41 Å². The van der Waals surface area contributed by atoms with Gasteiger partial charge in [-0.05, 0) is 11.5 Å². The minimum Gasteiger partial charge on any atom is -0.278 e. The van der Waals surface area contributed by atoms with Gasteiger partial charge in [-0.15, -0.1) is 0 Å². The van der Waals surface area contributed by atoms with Crippen LogP contribution in [0.3, 0.4) is 0 Å². The zero-order valence-corrected chi connectivity index (χ0v) is 9.33. The molecule has 0 spiro atoms. The summed E-state index contributed by atoms with van der Waals surface area (Å²) < 4.78 is 0. The Morgan fingerprint density at radius 2 is 1.64 bits per heavy atom. The molecule has 0 unspecified atom stereocenters. The highest BCUT2D eigenvalue weighted by Gasteiger charge is 1.95. The molecule has 0 aliphatic heterocycles. The van der Waals surface area contributed by atoms with Crippen LogP contribution in [0.1, 0.15) is 27.7 Å². The monoisotopic (exact) mass is 190 g/mol. The maximum absolute atomic E-state index is 3.88. The molecule has 0 bridgehead atoms. The summed E-state index contributed by atoms with van der Waals surface area (Å²) in [7, 11) is 0. The van der Waals surface area contributed by atoms with Crippen LogP contribution in [-0.4, -0.2) is 10.2 Å². The molecule has 14 heavy (non-hydrogen) atoms. The molecular weight excluding hydrogens is 172 g/mol. The van der Waals surface area contributed by atoms with Gasteiger partial charge in [-0.25, -0.2) is 0 Å². The van der Waals surface area contributed by atoms with E-state index in [1.807, 2.05) is 30.5 Å². The minimum atomic E-state index is 0.500. The number of hydrogen-bond acceptors (Lipinski definition) is 1. The smallest absolute Gasteiger partial charge is 0.0650 e. The number of H-pyrrole nitrogens is 1. The van der Waals surface area contributed by atoms with Crippen molar-refractivity contribution in [1.82, 2.24) is 10.2 Å². The number of fused-ring (bicyclic) bond motifs is 1. The number of hydrogen-bond donors (Lipinski definition) is 1. The molecule has 0 radical (unpaired) electrons. The van der Waals surface area contributed by atoms with E-state index >= 15 is 0 Å². The number of aromatic nitrogens is 2. The van der Waals surface area contributed by atoms with E-state index in [-0.39, 0.29) is 0 Å².